The first-order valence-corrected chi connectivity index (χ1v) is 7.37. The molecule has 1 aliphatic rings. The van der Waals surface area contributed by atoms with E-state index < -0.39 is 11.1 Å². The summed E-state index contributed by atoms with van der Waals surface area (Å²) in [6.07, 6.45) is 2.70. The van der Waals surface area contributed by atoms with Gasteiger partial charge in [0.1, 0.15) is 11.1 Å². The van der Waals surface area contributed by atoms with Gasteiger partial charge < -0.3 is 10.2 Å². The second-order valence-electron chi connectivity index (χ2n) is 6.30. The minimum absolute atomic E-state index is 0.0309. The lowest BCUT2D eigenvalue weighted by Crippen LogP contribution is -2.73. The highest BCUT2D eigenvalue weighted by Crippen LogP contribution is 2.30. The second-order valence-corrected chi connectivity index (χ2v) is 6.30. The fourth-order valence-electron chi connectivity index (χ4n) is 2.60. The van der Waals surface area contributed by atoms with Crippen LogP contribution in [0.5, 0.6) is 0 Å². The van der Waals surface area contributed by atoms with Crippen molar-refractivity contribution in [1.29, 1.82) is 0 Å². The summed E-state index contributed by atoms with van der Waals surface area (Å²) in [4.78, 5) is 26.8. The van der Waals surface area contributed by atoms with Crippen molar-refractivity contribution in [3.05, 3.63) is 0 Å². The van der Waals surface area contributed by atoms with E-state index >= 15 is 0 Å². The molecule has 0 aromatic heterocycles. The van der Waals surface area contributed by atoms with Gasteiger partial charge in [0.05, 0.1) is 0 Å². The van der Waals surface area contributed by atoms with Crippen molar-refractivity contribution >= 4 is 11.8 Å². The van der Waals surface area contributed by atoms with Crippen LogP contribution in [0, 0.1) is 5.92 Å². The van der Waals surface area contributed by atoms with Crippen molar-refractivity contribution in [3.63, 3.8) is 0 Å². The molecular formula is C15H28N2O2. The Bertz CT molecular complexity index is 361. The van der Waals surface area contributed by atoms with Crippen molar-refractivity contribution in [3.8, 4) is 0 Å². The Kier molecular flexibility index (Phi) is 4.64. The van der Waals surface area contributed by atoms with Crippen molar-refractivity contribution in [2.45, 2.75) is 71.9 Å². The van der Waals surface area contributed by atoms with Gasteiger partial charge in [-0.2, -0.15) is 0 Å². The average Bonchev–Trinajstić information content (AvgIpc) is 2.36. The van der Waals surface area contributed by atoms with Gasteiger partial charge in [-0.3, -0.25) is 9.59 Å². The quantitative estimate of drug-likeness (QED) is 0.832. The molecule has 0 saturated carbocycles. The van der Waals surface area contributed by atoms with Gasteiger partial charge in [0, 0.05) is 6.54 Å². The van der Waals surface area contributed by atoms with Crippen molar-refractivity contribution in [2.24, 2.45) is 5.92 Å². The van der Waals surface area contributed by atoms with Crippen molar-refractivity contribution in [1.82, 2.24) is 10.2 Å². The predicted molar refractivity (Wildman–Crippen MR) is 76.7 cm³/mol. The molecule has 1 aliphatic heterocycles. The highest BCUT2D eigenvalue weighted by Gasteiger charge is 2.51. The van der Waals surface area contributed by atoms with E-state index in [0.29, 0.717) is 18.9 Å². The number of hydrogen-bond acceptors (Lipinski definition) is 2. The molecule has 4 heteroatoms. The van der Waals surface area contributed by atoms with Crippen LogP contribution >= 0.6 is 0 Å². The predicted octanol–water partition coefficient (Wildman–Crippen LogP) is 2.33. The monoisotopic (exact) mass is 268 g/mol. The van der Waals surface area contributed by atoms with Gasteiger partial charge in [-0.1, -0.05) is 33.6 Å². The van der Waals surface area contributed by atoms with E-state index in [9.17, 15) is 9.59 Å². The van der Waals surface area contributed by atoms with E-state index in [4.69, 9.17) is 0 Å². The molecule has 0 bridgehead atoms. The van der Waals surface area contributed by atoms with Crippen LogP contribution in [-0.2, 0) is 9.59 Å². The lowest BCUT2D eigenvalue weighted by atomic mass is 9.85. The van der Waals surface area contributed by atoms with Crippen LogP contribution in [0.2, 0.25) is 0 Å². The van der Waals surface area contributed by atoms with Crippen LogP contribution in [-0.4, -0.2) is 34.3 Å². The molecule has 1 fully saturated rings. The molecule has 0 aliphatic carbocycles. The zero-order valence-corrected chi connectivity index (χ0v) is 13.2. The fourth-order valence-corrected chi connectivity index (χ4v) is 2.60. The molecule has 0 radical (unpaired) electrons. The number of carbonyl (C=O) groups excluding carboxylic acids is 2. The average molecular weight is 268 g/mol. The van der Waals surface area contributed by atoms with Crippen LogP contribution in [0.4, 0.5) is 0 Å². The SMILES string of the molecule is CCC(CC)CN1C(=O)C(C)(C)NC(=O)C1(C)CC. The Morgan fingerprint density at radius 2 is 1.63 bits per heavy atom. The summed E-state index contributed by atoms with van der Waals surface area (Å²) in [6.45, 7) is 12.3. The summed E-state index contributed by atoms with van der Waals surface area (Å²) >= 11 is 0. The van der Waals surface area contributed by atoms with Gasteiger partial charge in [0.15, 0.2) is 0 Å². The summed E-state index contributed by atoms with van der Waals surface area (Å²) in [7, 11) is 0. The molecule has 0 aromatic carbocycles. The standard InChI is InChI=1S/C15H28N2O2/c1-7-11(8-2)10-17-13(19)14(4,5)16-12(18)15(17,6)9-3/h11H,7-10H2,1-6H3,(H,16,18). The number of nitrogens with one attached hydrogen (secondary N) is 1. The van der Waals surface area contributed by atoms with Crippen LogP contribution < -0.4 is 5.32 Å². The van der Waals surface area contributed by atoms with Gasteiger partial charge in [0.25, 0.3) is 0 Å². The maximum atomic E-state index is 12.6. The Morgan fingerprint density at radius 1 is 1.11 bits per heavy atom. The first-order chi connectivity index (χ1) is 8.72. The molecule has 0 aromatic rings. The molecule has 4 nitrogen and oxygen atoms in total. The maximum Gasteiger partial charge on any atom is 0.248 e. The highest BCUT2D eigenvalue weighted by atomic mass is 16.2. The van der Waals surface area contributed by atoms with E-state index in [2.05, 4.69) is 19.2 Å². The maximum absolute atomic E-state index is 12.6. The number of carbonyl (C=O) groups is 2. The molecule has 1 heterocycles. The normalized spacial score (nSPS) is 26.8. The second kappa shape index (κ2) is 5.51. The molecular weight excluding hydrogens is 240 g/mol. The molecule has 0 spiro atoms. The number of amides is 2. The smallest absolute Gasteiger partial charge is 0.248 e. The Morgan fingerprint density at radius 3 is 2.05 bits per heavy atom. The molecule has 1 N–H and O–H groups in total. The third kappa shape index (κ3) is 2.77. The van der Waals surface area contributed by atoms with Crippen LogP contribution in [0.15, 0.2) is 0 Å². The van der Waals surface area contributed by atoms with Crippen molar-refractivity contribution in [2.75, 3.05) is 6.54 Å². The minimum atomic E-state index is -0.794. The summed E-state index contributed by atoms with van der Waals surface area (Å²) < 4.78 is 0. The first-order valence-electron chi connectivity index (χ1n) is 7.37. The summed E-state index contributed by atoms with van der Waals surface area (Å²) in [5.74, 6) is 0.449. The number of hydrogen-bond donors (Lipinski definition) is 1. The molecule has 19 heavy (non-hydrogen) atoms. The van der Waals surface area contributed by atoms with Crippen LogP contribution in [0.1, 0.15) is 60.8 Å². The van der Waals surface area contributed by atoms with Gasteiger partial charge >= 0.3 is 0 Å². The molecule has 1 atom stereocenters. The first kappa shape index (κ1) is 16.0. The fraction of sp³-hybridized carbons (Fsp3) is 0.867. The van der Waals surface area contributed by atoms with E-state index in [1.807, 2.05) is 18.7 Å². The van der Waals surface area contributed by atoms with Gasteiger partial charge in [0.2, 0.25) is 11.8 Å². The number of rotatable bonds is 5. The Labute approximate surface area is 116 Å². The van der Waals surface area contributed by atoms with Crippen molar-refractivity contribution < 1.29 is 9.59 Å². The summed E-state index contributed by atoms with van der Waals surface area (Å²) in [5, 5.41) is 2.86. The summed E-state index contributed by atoms with van der Waals surface area (Å²) in [6, 6.07) is 0. The van der Waals surface area contributed by atoms with Gasteiger partial charge in [-0.15, -0.1) is 0 Å². The largest absolute Gasteiger partial charge is 0.340 e. The molecule has 1 saturated heterocycles. The topological polar surface area (TPSA) is 49.4 Å². The van der Waals surface area contributed by atoms with E-state index in [-0.39, 0.29) is 11.8 Å². The lowest BCUT2D eigenvalue weighted by molar-refractivity contribution is -0.162. The highest BCUT2D eigenvalue weighted by molar-refractivity contribution is 6.01. The molecule has 1 unspecified atom stereocenters. The zero-order valence-electron chi connectivity index (χ0n) is 13.2. The zero-order chi connectivity index (χ0) is 14.8. The third-order valence-corrected chi connectivity index (χ3v) is 4.57. The number of nitrogens with zero attached hydrogens (tertiary/aromatic N) is 1. The van der Waals surface area contributed by atoms with E-state index in [1.54, 1.807) is 13.8 Å². The molecule has 1 rings (SSSR count). The molecule has 2 amide bonds. The lowest BCUT2D eigenvalue weighted by Gasteiger charge is -2.49. The van der Waals surface area contributed by atoms with E-state index in [0.717, 1.165) is 12.8 Å². The molecule has 110 valence electrons. The van der Waals surface area contributed by atoms with Gasteiger partial charge in [-0.25, -0.2) is 0 Å². The van der Waals surface area contributed by atoms with Crippen LogP contribution in [0.25, 0.3) is 0 Å². The Balaban J connectivity index is 3.10. The van der Waals surface area contributed by atoms with E-state index in [1.165, 1.54) is 0 Å². The number of piperazine rings is 1. The minimum Gasteiger partial charge on any atom is -0.340 e. The van der Waals surface area contributed by atoms with Crippen LogP contribution in [0.3, 0.4) is 0 Å². The van der Waals surface area contributed by atoms with Gasteiger partial charge in [-0.05, 0) is 33.1 Å². The Hall–Kier alpha value is -1.06. The summed E-state index contributed by atoms with van der Waals surface area (Å²) in [5.41, 5.74) is -1.51. The third-order valence-electron chi connectivity index (χ3n) is 4.57.